The molecular formula is C9H9NO4. The van der Waals surface area contributed by atoms with E-state index in [4.69, 9.17) is 0 Å². The summed E-state index contributed by atoms with van der Waals surface area (Å²) in [5.74, 6) is -0.0812. The second kappa shape index (κ2) is 3.10. The molecule has 0 unspecified atom stereocenters. The number of ether oxygens (including phenoxy) is 1. The van der Waals surface area contributed by atoms with Gasteiger partial charge >= 0.3 is 6.09 Å². The Balaban J connectivity index is 2.27. The number of carbonyl (C=O) groups is 1. The summed E-state index contributed by atoms with van der Waals surface area (Å²) in [5, 5.41) is 21.0. The van der Waals surface area contributed by atoms with Crippen LogP contribution in [-0.4, -0.2) is 22.9 Å². The Labute approximate surface area is 79.9 Å². The largest absolute Gasteiger partial charge is 0.508 e. The predicted molar refractivity (Wildman–Crippen MR) is 47.0 cm³/mol. The van der Waals surface area contributed by atoms with Crippen LogP contribution in [-0.2, 0) is 4.74 Å². The van der Waals surface area contributed by atoms with E-state index in [1.54, 1.807) is 0 Å². The molecule has 1 amide bonds. The maximum atomic E-state index is 10.7. The van der Waals surface area contributed by atoms with E-state index in [1.807, 2.05) is 0 Å². The Kier molecular flexibility index (Phi) is 1.92. The van der Waals surface area contributed by atoms with Crippen LogP contribution in [0.3, 0.4) is 0 Å². The van der Waals surface area contributed by atoms with Crippen molar-refractivity contribution < 1.29 is 19.7 Å². The van der Waals surface area contributed by atoms with E-state index in [0.717, 1.165) is 0 Å². The summed E-state index contributed by atoms with van der Waals surface area (Å²) >= 11 is 0. The maximum absolute atomic E-state index is 10.7. The minimum absolute atomic E-state index is 0.0406. The van der Waals surface area contributed by atoms with Crippen molar-refractivity contribution in [1.29, 1.82) is 0 Å². The van der Waals surface area contributed by atoms with E-state index in [2.05, 4.69) is 10.1 Å². The van der Waals surface area contributed by atoms with E-state index in [-0.39, 0.29) is 24.1 Å². The van der Waals surface area contributed by atoms with Gasteiger partial charge < -0.3 is 20.3 Å². The van der Waals surface area contributed by atoms with Crippen molar-refractivity contribution in [1.82, 2.24) is 5.32 Å². The first kappa shape index (κ1) is 8.68. The molecule has 5 nitrogen and oxygen atoms in total. The molecule has 1 aliphatic rings. The lowest BCUT2D eigenvalue weighted by Crippen LogP contribution is -2.18. The molecule has 14 heavy (non-hydrogen) atoms. The van der Waals surface area contributed by atoms with Crippen LogP contribution in [0.2, 0.25) is 0 Å². The van der Waals surface area contributed by atoms with Crippen LogP contribution in [0.4, 0.5) is 4.79 Å². The smallest absolute Gasteiger partial charge is 0.407 e. The summed E-state index contributed by atoms with van der Waals surface area (Å²) in [6.07, 6.45) is -0.488. The second-order valence-electron chi connectivity index (χ2n) is 3.08. The van der Waals surface area contributed by atoms with E-state index in [0.29, 0.717) is 5.56 Å². The fraction of sp³-hybridized carbons (Fsp3) is 0.222. The first-order valence-electron chi connectivity index (χ1n) is 4.11. The Morgan fingerprint density at radius 2 is 1.93 bits per heavy atom. The van der Waals surface area contributed by atoms with Crippen molar-refractivity contribution >= 4 is 6.09 Å². The Hall–Kier alpha value is -1.91. The van der Waals surface area contributed by atoms with Crippen LogP contribution in [0.25, 0.3) is 0 Å². The molecule has 0 radical (unpaired) electrons. The molecule has 1 aromatic carbocycles. The first-order valence-corrected chi connectivity index (χ1v) is 4.11. The lowest BCUT2D eigenvalue weighted by atomic mass is 10.1. The quantitative estimate of drug-likeness (QED) is 0.621. The van der Waals surface area contributed by atoms with Crippen molar-refractivity contribution in [3.63, 3.8) is 0 Å². The number of nitrogens with one attached hydrogen (secondary N) is 1. The van der Waals surface area contributed by atoms with Crippen molar-refractivity contribution in [2.24, 2.45) is 0 Å². The van der Waals surface area contributed by atoms with E-state index in [9.17, 15) is 15.0 Å². The Morgan fingerprint density at radius 1 is 1.29 bits per heavy atom. The summed E-state index contributed by atoms with van der Waals surface area (Å²) < 4.78 is 4.69. The van der Waals surface area contributed by atoms with E-state index >= 15 is 0 Å². The maximum Gasteiger partial charge on any atom is 0.407 e. The molecule has 1 heterocycles. The summed E-state index contributed by atoms with van der Waals surface area (Å²) in [4.78, 5) is 10.7. The highest BCUT2D eigenvalue weighted by atomic mass is 16.6. The van der Waals surface area contributed by atoms with Crippen LogP contribution in [0, 0.1) is 0 Å². The normalized spacial score (nSPS) is 20.3. The van der Waals surface area contributed by atoms with Gasteiger partial charge in [0.1, 0.15) is 18.1 Å². The van der Waals surface area contributed by atoms with Crippen molar-refractivity contribution in [2.45, 2.75) is 6.04 Å². The van der Waals surface area contributed by atoms with Gasteiger partial charge in [-0.05, 0) is 17.7 Å². The van der Waals surface area contributed by atoms with Gasteiger partial charge in [-0.15, -0.1) is 0 Å². The number of amides is 1. The van der Waals surface area contributed by atoms with E-state index < -0.39 is 6.09 Å². The molecule has 0 saturated carbocycles. The number of hydrogen-bond donors (Lipinski definition) is 3. The molecule has 3 N–H and O–H groups in total. The molecular weight excluding hydrogens is 186 g/mol. The number of rotatable bonds is 1. The second-order valence-corrected chi connectivity index (χ2v) is 3.08. The van der Waals surface area contributed by atoms with Crippen LogP contribution in [0.1, 0.15) is 11.6 Å². The van der Waals surface area contributed by atoms with Crippen LogP contribution >= 0.6 is 0 Å². The van der Waals surface area contributed by atoms with Gasteiger partial charge in [0, 0.05) is 6.07 Å². The molecule has 2 rings (SSSR count). The lowest BCUT2D eigenvalue weighted by Gasteiger charge is -2.08. The van der Waals surface area contributed by atoms with Crippen LogP contribution < -0.4 is 5.32 Å². The molecule has 74 valence electrons. The SMILES string of the molecule is O=C1N[C@H](c2cc(O)cc(O)c2)CO1. The van der Waals surface area contributed by atoms with Gasteiger partial charge in [0.25, 0.3) is 0 Å². The van der Waals surface area contributed by atoms with Gasteiger partial charge in [0.15, 0.2) is 0 Å². The average Bonchev–Trinajstić information content (AvgIpc) is 2.50. The van der Waals surface area contributed by atoms with Crippen molar-refractivity contribution in [2.75, 3.05) is 6.61 Å². The van der Waals surface area contributed by atoms with Gasteiger partial charge in [0.05, 0.1) is 6.04 Å². The number of phenols is 2. The molecule has 1 aliphatic heterocycles. The third-order valence-corrected chi connectivity index (χ3v) is 2.00. The van der Waals surface area contributed by atoms with Gasteiger partial charge in [0.2, 0.25) is 0 Å². The van der Waals surface area contributed by atoms with Gasteiger partial charge in [-0.2, -0.15) is 0 Å². The molecule has 0 aromatic heterocycles. The fourth-order valence-corrected chi connectivity index (χ4v) is 1.38. The zero-order valence-electron chi connectivity index (χ0n) is 7.23. The first-order chi connectivity index (χ1) is 6.65. The van der Waals surface area contributed by atoms with E-state index in [1.165, 1.54) is 18.2 Å². The molecule has 1 aromatic rings. The Bertz CT molecular complexity index is 357. The van der Waals surface area contributed by atoms with Gasteiger partial charge in [-0.3, -0.25) is 0 Å². The summed E-state index contributed by atoms with van der Waals surface area (Å²) in [5.41, 5.74) is 0.619. The molecule has 5 heteroatoms. The topological polar surface area (TPSA) is 78.8 Å². The predicted octanol–water partition coefficient (Wildman–Crippen LogP) is 0.879. The zero-order chi connectivity index (χ0) is 10.1. The minimum Gasteiger partial charge on any atom is -0.508 e. The number of cyclic esters (lactones) is 1. The van der Waals surface area contributed by atoms with Crippen LogP contribution in [0.5, 0.6) is 11.5 Å². The highest BCUT2D eigenvalue weighted by molar-refractivity contribution is 5.70. The van der Waals surface area contributed by atoms with Gasteiger partial charge in [-0.1, -0.05) is 0 Å². The highest BCUT2D eigenvalue weighted by Gasteiger charge is 2.24. The molecule has 0 spiro atoms. The summed E-state index contributed by atoms with van der Waals surface area (Å²) in [6.45, 7) is 0.210. The number of carbonyl (C=O) groups excluding carboxylic acids is 1. The minimum atomic E-state index is -0.488. The fourth-order valence-electron chi connectivity index (χ4n) is 1.38. The van der Waals surface area contributed by atoms with Crippen molar-refractivity contribution in [3.8, 4) is 11.5 Å². The number of aromatic hydroxyl groups is 2. The third-order valence-electron chi connectivity index (χ3n) is 2.00. The monoisotopic (exact) mass is 195 g/mol. The molecule has 1 atom stereocenters. The number of phenolic OH excluding ortho intramolecular Hbond substituents is 2. The standard InChI is InChI=1S/C9H9NO4/c11-6-1-5(2-7(12)3-6)8-4-14-9(13)10-8/h1-3,8,11-12H,4H2,(H,10,13)/t8-/m0/s1. The van der Waals surface area contributed by atoms with Crippen molar-refractivity contribution in [3.05, 3.63) is 23.8 Å². The summed E-state index contributed by atoms with van der Waals surface area (Å²) in [7, 11) is 0. The molecule has 0 bridgehead atoms. The number of hydrogen-bond acceptors (Lipinski definition) is 4. The molecule has 1 saturated heterocycles. The average molecular weight is 195 g/mol. The van der Waals surface area contributed by atoms with Crippen LogP contribution in [0.15, 0.2) is 18.2 Å². The number of alkyl carbamates (subject to hydrolysis) is 1. The number of benzene rings is 1. The summed E-state index contributed by atoms with van der Waals surface area (Å²) in [6, 6.07) is 3.86. The molecule has 1 fully saturated rings. The highest BCUT2D eigenvalue weighted by Crippen LogP contribution is 2.26. The van der Waals surface area contributed by atoms with Gasteiger partial charge in [-0.25, -0.2) is 4.79 Å². The zero-order valence-corrected chi connectivity index (χ0v) is 7.23. The lowest BCUT2D eigenvalue weighted by molar-refractivity contribution is 0.177. The third kappa shape index (κ3) is 1.56. The molecule has 0 aliphatic carbocycles. The Morgan fingerprint density at radius 3 is 2.43 bits per heavy atom.